The Kier molecular flexibility index (Phi) is 11.2. The number of sulfonamides is 1. The minimum atomic E-state index is -4.37. The summed E-state index contributed by atoms with van der Waals surface area (Å²) < 4.78 is 80.0. The van der Waals surface area contributed by atoms with E-state index in [4.69, 9.17) is 21.1 Å². The standard InChI is InChI=1S/C35H44ClF3N6O6S/c1-32(2,3)51-31(47)44-22-23(21-33(44,4)5)9-6-7-10-24-11-8-12-28(40-24)52(48,49)43-30(46)25-13-14-26(41-29(25)36)45-19-15-27(42-45)50-20-18-34(16-17-34)35(37,38)39/h8,11-15,19,23H,6-7,9-10,16-18,20-22H2,1-5H3,(H,43,46). The van der Waals surface area contributed by atoms with Crippen LogP contribution in [0.15, 0.2) is 47.6 Å². The second kappa shape index (κ2) is 14.8. The van der Waals surface area contributed by atoms with E-state index < -0.39 is 33.1 Å². The molecular weight excluding hydrogens is 725 g/mol. The number of hydrogen-bond acceptors (Lipinski definition) is 9. The molecule has 0 bridgehead atoms. The summed E-state index contributed by atoms with van der Waals surface area (Å²) >= 11 is 6.26. The van der Waals surface area contributed by atoms with Gasteiger partial charge in [-0.05, 0) is 110 Å². The molecule has 2 aliphatic rings. The third kappa shape index (κ3) is 9.54. The molecule has 284 valence electrons. The smallest absolute Gasteiger partial charge is 0.410 e. The molecular formula is C35H44ClF3N6O6S. The van der Waals surface area contributed by atoms with Crippen molar-refractivity contribution >= 4 is 33.6 Å². The van der Waals surface area contributed by atoms with Gasteiger partial charge in [0, 0.05) is 30.0 Å². The van der Waals surface area contributed by atoms with E-state index in [2.05, 4.69) is 15.1 Å². The van der Waals surface area contributed by atoms with Crippen LogP contribution in [0.2, 0.25) is 5.15 Å². The fourth-order valence-electron chi connectivity index (χ4n) is 6.34. The fourth-order valence-corrected chi connectivity index (χ4v) is 7.53. The molecule has 3 aromatic heterocycles. The van der Waals surface area contributed by atoms with Crippen LogP contribution >= 0.6 is 11.6 Å². The number of hydrogen-bond donors (Lipinski definition) is 1. The Balaban J connectivity index is 1.11. The van der Waals surface area contributed by atoms with E-state index in [0.29, 0.717) is 24.6 Å². The monoisotopic (exact) mass is 768 g/mol. The molecule has 0 aromatic carbocycles. The van der Waals surface area contributed by atoms with Gasteiger partial charge in [-0.15, -0.1) is 5.10 Å². The predicted molar refractivity (Wildman–Crippen MR) is 186 cm³/mol. The first kappa shape index (κ1) is 39.3. The second-order valence-electron chi connectivity index (χ2n) is 15.1. The molecule has 1 saturated heterocycles. The first-order chi connectivity index (χ1) is 24.2. The zero-order valence-corrected chi connectivity index (χ0v) is 31.4. The van der Waals surface area contributed by atoms with Gasteiger partial charge in [0.25, 0.3) is 15.9 Å². The second-order valence-corrected chi connectivity index (χ2v) is 17.1. The number of ether oxygens (including phenoxy) is 2. The van der Waals surface area contributed by atoms with Gasteiger partial charge < -0.3 is 14.4 Å². The molecule has 2 amide bonds. The summed E-state index contributed by atoms with van der Waals surface area (Å²) in [6, 6.07) is 8.69. The maximum Gasteiger partial charge on any atom is 0.410 e. The van der Waals surface area contributed by atoms with Crippen molar-refractivity contribution in [2.45, 2.75) is 108 Å². The summed E-state index contributed by atoms with van der Waals surface area (Å²) in [6.07, 6.45) is 0.767. The van der Waals surface area contributed by atoms with Crippen LogP contribution in [0.4, 0.5) is 18.0 Å². The summed E-state index contributed by atoms with van der Waals surface area (Å²) in [6.45, 7) is 10.1. The van der Waals surface area contributed by atoms with E-state index in [1.54, 1.807) is 17.0 Å². The van der Waals surface area contributed by atoms with E-state index in [0.717, 1.165) is 25.7 Å². The summed E-state index contributed by atoms with van der Waals surface area (Å²) in [5, 5.41) is 3.52. The number of nitrogens with one attached hydrogen (secondary N) is 1. The number of nitrogens with zero attached hydrogens (tertiary/aromatic N) is 5. The molecule has 17 heteroatoms. The molecule has 1 aliphatic heterocycles. The number of halogens is 4. The molecule has 4 heterocycles. The SMILES string of the molecule is CC(C)(C)OC(=O)N1CC(CCCCc2cccc(S(=O)(=O)NC(=O)c3ccc(-n4ccc(OCCC5(C(F)(F)F)CC5)n4)nc3Cl)n2)CC1(C)C. The highest BCUT2D eigenvalue weighted by atomic mass is 35.5. The third-order valence-electron chi connectivity index (χ3n) is 9.32. The van der Waals surface area contributed by atoms with Crippen LogP contribution in [0, 0.1) is 11.3 Å². The minimum Gasteiger partial charge on any atom is -0.477 e. The molecule has 3 aromatic rings. The maximum atomic E-state index is 13.2. The van der Waals surface area contributed by atoms with Gasteiger partial charge in [-0.3, -0.25) is 4.79 Å². The van der Waals surface area contributed by atoms with Crippen molar-refractivity contribution in [2.24, 2.45) is 11.3 Å². The summed E-state index contributed by atoms with van der Waals surface area (Å²) in [7, 11) is -4.37. The Morgan fingerprint density at radius 2 is 1.79 bits per heavy atom. The van der Waals surface area contributed by atoms with Crippen LogP contribution in [-0.4, -0.2) is 75.5 Å². The average Bonchev–Trinajstić information content (AvgIpc) is 3.58. The highest BCUT2D eigenvalue weighted by Gasteiger charge is 2.62. The number of rotatable bonds is 13. The third-order valence-corrected chi connectivity index (χ3v) is 10.8. The van der Waals surface area contributed by atoms with Gasteiger partial charge in [-0.25, -0.2) is 24.2 Å². The van der Waals surface area contributed by atoms with Crippen molar-refractivity contribution in [1.82, 2.24) is 29.4 Å². The molecule has 12 nitrogen and oxygen atoms in total. The maximum absolute atomic E-state index is 13.2. The Morgan fingerprint density at radius 3 is 2.44 bits per heavy atom. The van der Waals surface area contributed by atoms with Crippen molar-refractivity contribution < 1.29 is 40.7 Å². The van der Waals surface area contributed by atoms with Crippen LogP contribution < -0.4 is 9.46 Å². The first-order valence-corrected chi connectivity index (χ1v) is 19.0. The molecule has 52 heavy (non-hydrogen) atoms. The van der Waals surface area contributed by atoms with Crippen molar-refractivity contribution in [3.63, 3.8) is 0 Å². The Hall–Kier alpha value is -3.92. The average molecular weight is 769 g/mol. The number of pyridine rings is 2. The fraction of sp³-hybridized carbons (Fsp3) is 0.571. The highest BCUT2D eigenvalue weighted by Crippen LogP contribution is 2.59. The number of carbonyl (C=O) groups excluding carboxylic acids is 2. The molecule has 1 N–H and O–H groups in total. The predicted octanol–water partition coefficient (Wildman–Crippen LogP) is 7.29. The van der Waals surface area contributed by atoms with Gasteiger partial charge in [0.15, 0.2) is 10.8 Å². The lowest BCUT2D eigenvalue weighted by Gasteiger charge is -2.33. The largest absolute Gasteiger partial charge is 0.477 e. The quantitative estimate of drug-likeness (QED) is 0.140. The number of alkyl halides is 3. The van der Waals surface area contributed by atoms with E-state index >= 15 is 0 Å². The van der Waals surface area contributed by atoms with Gasteiger partial charge in [-0.1, -0.05) is 24.1 Å². The number of likely N-dealkylation sites (tertiary alicyclic amines) is 1. The van der Waals surface area contributed by atoms with E-state index in [1.165, 1.54) is 35.1 Å². The van der Waals surface area contributed by atoms with Crippen molar-refractivity contribution in [3.8, 4) is 11.7 Å². The zero-order valence-electron chi connectivity index (χ0n) is 29.8. The molecule has 0 spiro atoms. The van der Waals surface area contributed by atoms with Crippen LogP contribution in [0.5, 0.6) is 5.88 Å². The zero-order chi connectivity index (χ0) is 38.1. The molecule has 1 saturated carbocycles. The molecule has 1 atom stereocenters. The Bertz CT molecular complexity index is 1890. The van der Waals surface area contributed by atoms with Gasteiger partial charge in [-0.2, -0.15) is 21.6 Å². The van der Waals surface area contributed by atoms with E-state index in [1.807, 2.05) is 39.3 Å². The van der Waals surface area contributed by atoms with Gasteiger partial charge in [0.1, 0.15) is 10.8 Å². The van der Waals surface area contributed by atoms with Crippen molar-refractivity contribution in [3.05, 3.63) is 59.0 Å². The van der Waals surface area contributed by atoms with Crippen LogP contribution in [0.1, 0.15) is 95.6 Å². The van der Waals surface area contributed by atoms with Gasteiger partial charge >= 0.3 is 12.3 Å². The van der Waals surface area contributed by atoms with Crippen LogP contribution in [0.3, 0.4) is 0 Å². The molecule has 2 fully saturated rings. The number of aromatic nitrogens is 4. The number of amides is 2. The van der Waals surface area contributed by atoms with Crippen LogP contribution in [0.25, 0.3) is 5.82 Å². The lowest BCUT2D eigenvalue weighted by molar-refractivity contribution is -0.190. The molecule has 5 rings (SSSR count). The van der Waals surface area contributed by atoms with Crippen LogP contribution in [-0.2, 0) is 21.2 Å². The van der Waals surface area contributed by atoms with E-state index in [9.17, 15) is 31.2 Å². The normalized spacial score (nSPS) is 18.2. The summed E-state index contributed by atoms with van der Waals surface area (Å²) in [5.41, 5.74) is -2.22. The lowest BCUT2D eigenvalue weighted by Crippen LogP contribution is -2.45. The Morgan fingerprint density at radius 1 is 1.06 bits per heavy atom. The van der Waals surface area contributed by atoms with Gasteiger partial charge in [0.05, 0.1) is 17.6 Å². The summed E-state index contributed by atoms with van der Waals surface area (Å²) in [4.78, 5) is 35.9. The van der Waals surface area contributed by atoms with E-state index in [-0.39, 0.29) is 64.9 Å². The first-order valence-electron chi connectivity index (χ1n) is 17.1. The summed E-state index contributed by atoms with van der Waals surface area (Å²) in [5.74, 6) is -0.444. The molecule has 1 aliphatic carbocycles. The van der Waals surface area contributed by atoms with Crippen molar-refractivity contribution in [1.29, 1.82) is 0 Å². The number of aryl methyl sites for hydroxylation is 1. The molecule has 1 unspecified atom stereocenters. The minimum absolute atomic E-state index is 0.0845. The highest BCUT2D eigenvalue weighted by molar-refractivity contribution is 7.90. The topological polar surface area (TPSA) is 146 Å². The lowest BCUT2D eigenvalue weighted by atomic mass is 9.92. The number of carbonyl (C=O) groups is 2. The number of unbranched alkanes of at least 4 members (excludes halogenated alkanes) is 1. The molecule has 0 radical (unpaired) electrons. The Labute approximate surface area is 306 Å². The van der Waals surface area contributed by atoms with Gasteiger partial charge in [0.2, 0.25) is 5.88 Å². The van der Waals surface area contributed by atoms with Crippen molar-refractivity contribution in [2.75, 3.05) is 13.2 Å².